The first kappa shape index (κ1) is 21.3. The number of benzene rings is 2. The second-order valence-electron chi connectivity index (χ2n) is 9.39. The normalized spacial score (nSPS) is 20.8. The summed E-state index contributed by atoms with van der Waals surface area (Å²) in [6.07, 6.45) is 0.230. The summed E-state index contributed by atoms with van der Waals surface area (Å²) in [6, 6.07) is 21.4. The quantitative estimate of drug-likeness (QED) is 0.551. The van der Waals surface area contributed by atoms with Crippen LogP contribution in [-0.4, -0.2) is 38.5 Å². The molecule has 2 aromatic carbocycles. The van der Waals surface area contributed by atoms with Gasteiger partial charge < -0.3 is 9.16 Å². The molecule has 0 spiro atoms. The molecule has 0 unspecified atom stereocenters. The molecule has 0 N–H and O–H groups in total. The molecule has 3 nitrogen and oxygen atoms in total. The van der Waals surface area contributed by atoms with E-state index in [1.807, 2.05) is 6.07 Å². The smallest absolute Gasteiger partial charge is 0.192 e. The van der Waals surface area contributed by atoms with E-state index in [0.717, 1.165) is 19.7 Å². The van der Waals surface area contributed by atoms with Gasteiger partial charge in [-0.15, -0.1) is 0 Å². The molecule has 152 valence electrons. The Morgan fingerprint density at radius 1 is 0.929 bits per heavy atom. The van der Waals surface area contributed by atoms with Gasteiger partial charge in [-0.2, -0.15) is 0 Å². The van der Waals surface area contributed by atoms with Crippen LogP contribution in [0.2, 0.25) is 18.1 Å². The van der Waals surface area contributed by atoms with Gasteiger partial charge >= 0.3 is 0 Å². The van der Waals surface area contributed by atoms with Crippen molar-refractivity contribution in [1.82, 2.24) is 4.90 Å². The van der Waals surface area contributed by atoms with Crippen molar-refractivity contribution >= 4 is 8.32 Å². The summed E-state index contributed by atoms with van der Waals surface area (Å²) >= 11 is 0. The van der Waals surface area contributed by atoms with E-state index < -0.39 is 8.32 Å². The Balaban J connectivity index is 1.62. The Morgan fingerprint density at radius 2 is 1.50 bits per heavy atom. The first-order chi connectivity index (χ1) is 13.3. The van der Waals surface area contributed by atoms with Gasteiger partial charge in [0.2, 0.25) is 0 Å². The summed E-state index contributed by atoms with van der Waals surface area (Å²) in [5, 5.41) is 0.224. The van der Waals surface area contributed by atoms with Gasteiger partial charge in [-0.25, -0.2) is 0 Å². The molecular formula is C24H35NO2Si. The van der Waals surface area contributed by atoms with E-state index in [1.54, 1.807) is 0 Å². The fourth-order valence-corrected chi connectivity index (χ4v) is 4.27. The van der Waals surface area contributed by atoms with E-state index >= 15 is 0 Å². The lowest BCUT2D eigenvalue weighted by Gasteiger charge is -2.49. The molecule has 3 rings (SSSR count). The van der Waals surface area contributed by atoms with Crippen LogP contribution >= 0.6 is 0 Å². The van der Waals surface area contributed by atoms with Crippen molar-refractivity contribution in [2.24, 2.45) is 0 Å². The van der Waals surface area contributed by atoms with Gasteiger partial charge in [-0.05, 0) is 29.3 Å². The maximum Gasteiger partial charge on any atom is 0.192 e. The van der Waals surface area contributed by atoms with Crippen LogP contribution in [0.25, 0.3) is 0 Å². The summed E-state index contributed by atoms with van der Waals surface area (Å²) in [5.41, 5.74) is 2.58. The lowest BCUT2D eigenvalue weighted by atomic mass is 9.98. The maximum atomic E-state index is 6.57. The van der Waals surface area contributed by atoms with Gasteiger partial charge in [0.05, 0.1) is 25.4 Å². The molecular weight excluding hydrogens is 362 g/mol. The third-order valence-corrected chi connectivity index (χ3v) is 10.8. The van der Waals surface area contributed by atoms with Crippen molar-refractivity contribution in [1.29, 1.82) is 0 Å². The van der Waals surface area contributed by atoms with E-state index in [4.69, 9.17) is 9.16 Å². The maximum absolute atomic E-state index is 6.57. The molecule has 2 aromatic rings. The summed E-state index contributed by atoms with van der Waals surface area (Å²) in [4.78, 5) is 2.50. The SMILES string of the molecule is CC(C)(C)[Si](C)(C)OC[C@H]1[C@H](OCc2ccccc2)CN1Cc1ccccc1. The highest BCUT2D eigenvalue weighted by Crippen LogP contribution is 2.37. The Bertz CT molecular complexity index is 727. The molecule has 1 aliphatic rings. The van der Waals surface area contributed by atoms with Gasteiger partial charge in [-0.3, -0.25) is 4.90 Å². The van der Waals surface area contributed by atoms with E-state index in [9.17, 15) is 0 Å². The lowest BCUT2D eigenvalue weighted by Crippen LogP contribution is -2.63. The Kier molecular flexibility index (Phi) is 6.76. The topological polar surface area (TPSA) is 21.7 Å². The Morgan fingerprint density at radius 3 is 2.07 bits per heavy atom. The minimum absolute atomic E-state index is 0.224. The average Bonchev–Trinajstić information content (AvgIpc) is 2.64. The average molecular weight is 398 g/mol. The van der Waals surface area contributed by atoms with Crippen LogP contribution in [0.5, 0.6) is 0 Å². The van der Waals surface area contributed by atoms with Crippen LogP contribution in [0, 0.1) is 0 Å². The predicted octanol–water partition coefficient (Wildman–Crippen LogP) is 5.48. The monoisotopic (exact) mass is 397 g/mol. The predicted molar refractivity (Wildman–Crippen MR) is 119 cm³/mol. The standard InChI is InChI=1S/C24H35NO2Si/c1-24(2,3)28(4,5)27-19-22-23(26-18-21-14-10-7-11-15-21)17-25(22)16-20-12-8-6-9-13-20/h6-15,22-23H,16-19H2,1-5H3/t22-,23+/m0/s1. The number of hydrogen-bond donors (Lipinski definition) is 0. The highest BCUT2D eigenvalue weighted by Gasteiger charge is 2.43. The number of rotatable bonds is 8. The van der Waals surface area contributed by atoms with Gasteiger partial charge in [0, 0.05) is 13.1 Å². The first-order valence-electron chi connectivity index (χ1n) is 10.3. The third-order valence-electron chi connectivity index (χ3n) is 6.27. The summed E-state index contributed by atoms with van der Waals surface area (Å²) < 4.78 is 12.9. The molecule has 4 heteroatoms. The number of nitrogens with zero attached hydrogens (tertiary/aromatic N) is 1. The second-order valence-corrected chi connectivity index (χ2v) is 14.2. The molecule has 0 radical (unpaired) electrons. The van der Waals surface area contributed by atoms with Crippen molar-refractivity contribution in [2.75, 3.05) is 13.2 Å². The first-order valence-corrected chi connectivity index (χ1v) is 13.2. The molecule has 0 bridgehead atoms. The molecule has 0 saturated carbocycles. The van der Waals surface area contributed by atoms with Crippen molar-refractivity contribution in [2.45, 2.75) is 64.2 Å². The minimum Gasteiger partial charge on any atom is -0.415 e. The molecule has 1 aliphatic heterocycles. The Labute approximate surface area is 171 Å². The van der Waals surface area contributed by atoms with Crippen molar-refractivity contribution in [3.05, 3.63) is 71.8 Å². The van der Waals surface area contributed by atoms with E-state index in [1.165, 1.54) is 11.1 Å². The minimum atomic E-state index is -1.77. The van der Waals surface area contributed by atoms with E-state index in [0.29, 0.717) is 12.6 Å². The van der Waals surface area contributed by atoms with Crippen LogP contribution < -0.4 is 0 Å². The molecule has 1 fully saturated rings. The molecule has 1 saturated heterocycles. The molecule has 0 aromatic heterocycles. The van der Waals surface area contributed by atoms with Crippen molar-refractivity contribution in [3.63, 3.8) is 0 Å². The molecule has 28 heavy (non-hydrogen) atoms. The fourth-order valence-electron chi connectivity index (χ4n) is 3.25. The number of hydrogen-bond acceptors (Lipinski definition) is 3. The largest absolute Gasteiger partial charge is 0.415 e. The lowest BCUT2D eigenvalue weighted by molar-refractivity contribution is -0.127. The number of ether oxygens (including phenoxy) is 1. The van der Waals surface area contributed by atoms with Gasteiger partial charge in [-0.1, -0.05) is 81.4 Å². The van der Waals surface area contributed by atoms with Crippen LogP contribution in [0.1, 0.15) is 31.9 Å². The van der Waals surface area contributed by atoms with Gasteiger partial charge in [0.25, 0.3) is 0 Å². The summed E-state index contributed by atoms with van der Waals surface area (Å²) in [5.74, 6) is 0. The summed E-state index contributed by atoms with van der Waals surface area (Å²) in [7, 11) is -1.77. The van der Waals surface area contributed by atoms with Crippen LogP contribution in [-0.2, 0) is 22.3 Å². The van der Waals surface area contributed by atoms with E-state index in [-0.39, 0.29) is 11.1 Å². The zero-order chi connectivity index (χ0) is 20.2. The molecule has 0 aliphatic carbocycles. The number of likely N-dealkylation sites (tertiary alicyclic amines) is 1. The van der Waals surface area contributed by atoms with Gasteiger partial charge in [0.1, 0.15) is 0 Å². The van der Waals surface area contributed by atoms with E-state index in [2.05, 4.69) is 93.4 Å². The molecule has 2 atom stereocenters. The van der Waals surface area contributed by atoms with Gasteiger partial charge in [0.15, 0.2) is 8.32 Å². The van der Waals surface area contributed by atoms with Crippen LogP contribution in [0.15, 0.2) is 60.7 Å². The zero-order valence-corrected chi connectivity index (χ0v) is 19.0. The van der Waals surface area contributed by atoms with Crippen molar-refractivity contribution in [3.8, 4) is 0 Å². The zero-order valence-electron chi connectivity index (χ0n) is 18.0. The highest BCUT2D eigenvalue weighted by molar-refractivity contribution is 6.74. The van der Waals surface area contributed by atoms with Crippen molar-refractivity contribution < 1.29 is 9.16 Å². The van der Waals surface area contributed by atoms with Crippen LogP contribution in [0.3, 0.4) is 0 Å². The Hall–Kier alpha value is -1.46. The highest BCUT2D eigenvalue weighted by atomic mass is 28.4. The second kappa shape index (κ2) is 8.91. The van der Waals surface area contributed by atoms with Crippen LogP contribution in [0.4, 0.5) is 0 Å². The molecule has 1 heterocycles. The fraction of sp³-hybridized carbons (Fsp3) is 0.500. The summed E-state index contributed by atoms with van der Waals surface area (Å²) in [6.45, 7) is 14.9. The molecule has 0 amide bonds. The third kappa shape index (κ3) is 5.32.